The third kappa shape index (κ3) is 3.07. The highest BCUT2D eigenvalue weighted by Crippen LogP contribution is 2.30. The zero-order chi connectivity index (χ0) is 17.1. The smallest absolute Gasteiger partial charge is 0.319 e. The van der Waals surface area contributed by atoms with Gasteiger partial charge in [-0.2, -0.15) is 0 Å². The Morgan fingerprint density at radius 2 is 2.00 bits per heavy atom. The van der Waals surface area contributed by atoms with Gasteiger partial charge in [0.15, 0.2) is 5.16 Å². The first-order chi connectivity index (χ1) is 11.6. The zero-order valence-electron chi connectivity index (χ0n) is 13.5. The minimum atomic E-state index is -0.401. The van der Waals surface area contributed by atoms with Crippen LogP contribution in [0.2, 0.25) is 0 Å². The molecule has 0 amide bonds. The third-order valence-electron chi connectivity index (χ3n) is 3.57. The van der Waals surface area contributed by atoms with Crippen molar-refractivity contribution >= 4 is 34.5 Å². The number of esters is 1. The van der Waals surface area contributed by atoms with Crippen LogP contribution in [-0.2, 0) is 9.53 Å². The van der Waals surface area contributed by atoms with Crippen LogP contribution in [0.4, 0.5) is 5.95 Å². The summed E-state index contributed by atoms with van der Waals surface area (Å²) in [5, 5.41) is 10.4. The molecule has 3 aromatic rings. The highest BCUT2D eigenvalue weighted by Gasteiger charge is 2.21. The van der Waals surface area contributed by atoms with Gasteiger partial charge in [0.05, 0.1) is 12.3 Å². The van der Waals surface area contributed by atoms with Gasteiger partial charge in [0, 0.05) is 5.39 Å². The standard InChI is InChI=1S/C17H18N4O2S/c1-3-23-15(22)11(2)24-17-20-19-16(18)21(17)14-10-6-8-12-7-4-5-9-13(12)14/h4-11H,3H2,1-2H3,(H2,18,19). The van der Waals surface area contributed by atoms with Crippen LogP contribution in [0.5, 0.6) is 0 Å². The summed E-state index contributed by atoms with van der Waals surface area (Å²) < 4.78 is 6.82. The maximum Gasteiger partial charge on any atom is 0.319 e. The van der Waals surface area contributed by atoms with Crippen molar-refractivity contribution in [3.05, 3.63) is 42.5 Å². The fraction of sp³-hybridized carbons (Fsp3) is 0.235. The van der Waals surface area contributed by atoms with Gasteiger partial charge in [-0.1, -0.05) is 48.2 Å². The number of thioether (sulfide) groups is 1. The molecule has 0 aliphatic heterocycles. The van der Waals surface area contributed by atoms with Crippen LogP contribution < -0.4 is 5.73 Å². The molecule has 0 spiro atoms. The Morgan fingerprint density at radius 1 is 1.25 bits per heavy atom. The molecule has 6 nitrogen and oxygen atoms in total. The fourth-order valence-corrected chi connectivity index (χ4v) is 3.32. The van der Waals surface area contributed by atoms with E-state index in [1.54, 1.807) is 18.4 Å². The first-order valence-corrected chi connectivity index (χ1v) is 8.52. The van der Waals surface area contributed by atoms with E-state index in [1.807, 2.05) is 42.5 Å². The van der Waals surface area contributed by atoms with Crippen LogP contribution in [0.3, 0.4) is 0 Å². The van der Waals surface area contributed by atoms with Gasteiger partial charge >= 0.3 is 5.97 Å². The summed E-state index contributed by atoms with van der Waals surface area (Å²) in [6.07, 6.45) is 0. The predicted molar refractivity (Wildman–Crippen MR) is 95.2 cm³/mol. The summed E-state index contributed by atoms with van der Waals surface area (Å²) in [7, 11) is 0. The molecule has 1 unspecified atom stereocenters. The normalized spacial score (nSPS) is 12.2. The van der Waals surface area contributed by atoms with Gasteiger partial charge in [0.1, 0.15) is 5.25 Å². The summed E-state index contributed by atoms with van der Waals surface area (Å²) in [5.74, 6) is -0.00143. The SMILES string of the molecule is CCOC(=O)C(C)Sc1nnc(N)n1-c1cccc2ccccc12. The molecule has 0 saturated heterocycles. The minimum Gasteiger partial charge on any atom is -0.465 e. The van der Waals surface area contributed by atoms with Gasteiger partial charge < -0.3 is 10.5 Å². The van der Waals surface area contributed by atoms with E-state index in [-0.39, 0.29) is 11.9 Å². The minimum absolute atomic E-state index is 0.282. The average molecular weight is 342 g/mol. The summed E-state index contributed by atoms with van der Waals surface area (Å²) in [6, 6.07) is 14.0. The van der Waals surface area contributed by atoms with Crippen molar-refractivity contribution < 1.29 is 9.53 Å². The number of benzene rings is 2. The van der Waals surface area contributed by atoms with E-state index in [1.165, 1.54) is 11.8 Å². The molecule has 24 heavy (non-hydrogen) atoms. The lowest BCUT2D eigenvalue weighted by Gasteiger charge is -2.13. The zero-order valence-corrected chi connectivity index (χ0v) is 14.3. The van der Waals surface area contributed by atoms with Gasteiger partial charge in [-0.3, -0.25) is 9.36 Å². The average Bonchev–Trinajstić information content (AvgIpc) is 2.95. The van der Waals surface area contributed by atoms with Crippen LogP contribution in [-0.4, -0.2) is 32.6 Å². The Hall–Kier alpha value is -2.54. The maximum atomic E-state index is 11.9. The van der Waals surface area contributed by atoms with Crippen LogP contribution in [0.25, 0.3) is 16.5 Å². The van der Waals surface area contributed by atoms with E-state index in [2.05, 4.69) is 10.2 Å². The number of carbonyl (C=O) groups is 1. The Balaban J connectivity index is 2.03. The molecule has 2 aromatic carbocycles. The lowest BCUT2D eigenvalue weighted by Crippen LogP contribution is -2.17. The van der Waals surface area contributed by atoms with Crippen LogP contribution in [0.1, 0.15) is 13.8 Å². The lowest BCUT2D eigenvalue weighted by atomic mass is 10.1. The summed E-state index contributed by atoms with van der Waals surface area (Å²) >= 11 is 1.28. The molecule has 0 aliphatic carbocycles. The Labute approximate surface area is 144 Å². The van der Waals surface area contributed by atoms with Crippen molar-refractivity contribution in [2.75, 3.05) is 12.3 Å². The molecule has 1 aromatic heterocycles. The second-order valence-corrected chi connectivity index (χ2v) is 6.49. The highest BCUT2D eigenvalue weighted by molar-refractivity contribution is 8.00. The van der Waals surface area contributed by atoms with E-state index < -0.39 is 5.25 Å². The Kier molecular flexibility index (Phi) is 4.71. The van der Waals surface area contributed by atoms with Crippen molar-refractivity contribution in [1.82, 2.24) is 14.8 Å². The van der Waals surface area contributed by atoms with E-state index in [9.17, 15) is 4.79 Å². The van der Waals surface area contributed by atoms with Crippen molar-refractivity contribution in [2.45, 2.75) is 24.3 Å². The monoisotopic (exact) mass is 342 g/mol. The van der Waals surface area contributed by atoms with E-state index in [4.69, 9.17) is 10.5 Å². The predicted octanol–water partition coefficient (Wildman–Crippen LogP) is 3.05. The number of ether oxygens (including phenoxy) is 1. The number of nitrogens with zero attached hydrogens (tertiary/aromatic N) is 3. The third-order valence-corrected chi connectivity index (χ3v) is 4.59. The van der Waals surface area contributed by atoms with E-state index >= 15 is 0 Å². The van der Waals surface area contributed by atoms with Gasteiger partial charge in [-0.15, -0.1) is 10.2 Å². The molecule has 1 heterocycles. The highest BCUT2D eigenvalue weighted by atomic mass is 32.2. The van der Waals surface area contributed by atoms with Gasteiger partial charge in [0.2, 0.25) is 5.95 Å². The topological polar surface area (TPSA) is 83.0 Å². The van der Waals surface area contributed by atoms with Crippen LogP contribution in [0.15, 0.2) is 47.6 Å². The fourth-order valence-electron chi connectivity index (χ4n) is 2.45. The van der Waals surface area contributed by atoms with Gasteiger partial charge in [0.25, 0.3) is 0 Å². The summed E-state index contributed by atoms with van der Waals surface area (Å²) in [4.78, 5) is 11.9. The molecule has 1 atom stereocenters. The van der Waals surface area contributed by atoms with Crippen LogP contribution in [0, 0.1) is 0 Å². The van der Waals surface area contributed by atoms with Crippen molar-refractivity contribution in [2.24, 2.45) is 0 Å². The molecule has 0 bridgehead atoms. The molecular weight excluding hydrogens is 324 g/mol. The molecule has 0 radical (unpaired) electrons. The number of rotatable bonds is 5. The van der Waals surface area contributed by atoms with E-state index in [0.29, 0.717) is 11.8 Å². The molecule has 0 fully saturated rings. The van der Waals surface area contributed by atoms with Crippen LogP contribution >= 0.6 is 11.8 Å². The second kappa shape index (κ2) is 6.92. The molecule has 0 saturated carbocycles. The quantitative estimate of drug-likeness (QED) is 0.567. The van der Waals surface area contributed by atoms with Crippen molar-refractivity contribution in [3.63, 3.8) is 0 Å². The van der Waals surface area contributed by atoms with Gasteiger partial charge in [-0.25, -0.2) is 0 Å². The number of aromatic nitrogens is 3. The van der Waals surface area contributed by atoms with Gasteiger partial charge in [-0.05, 0) is 25.3 Å². The molecule has 0 aliphatic rings. The molecule has 7 heteroatoms. The van der Waals surface area contributed by atoms with Crippen molar-refractivity contribution in [1.29, 1.82) is 0 Å². The Bertz CT molecular complexity index is 873. The molecule has 3 rings (SSSR count). The lowest BCUT2D eigenvalue weighted by molar-refractivity contribution is -0.142. The Morgan fingerprint density at radius 3 is 2.79 bits per heavy atom. The largest absolute Gasteiger partial charge is 0.465 e. The number of hydrogen-bond donors (Lipinski definition) is 1. The molecule has 124 valence electrons. The molecule has 2 N–H and O–H groups in total. The first-order valence-electron chi connectivity index (χ1n) is 7.64. The second-order valence-electron chi connectivity index (χ2n) is 5.19. The van der Waals surface area contributed by atoms with E-state index in [0.717, 1.165) is 16.5 Å². The summed E-state index contributed by atoms with van der Waals surface area (Å²) in [6.45, 7) is 3.91. The molecular formula is C17H18N4O2S. The maximum absolute atomic E-state index is 11.9. The summed E-state index contributed by atoms with van der Waals surface area (Å²) in [5.41, 5.74) is 6.92. The first kappa shape index (κ1) is 16.3. The number of nitrogen functional groups attached to an aromatic ring is 1. The number of hydrogen-bond acceptors (Lipinski definition) is 6. The number of nitrogens with two attached hydrogens (primary N) is 1. The van der Waals surface area contributed by atoms with Crippen molar-refractivity contribution in [3.8, 4) is 5.69 Å². The number of carbonyl (C=O) groups excluding carboxylic acids is 1. The number of anilines is 1. The number of fused-ring (bicyclic) bond motifs is 1.